The van der Waals surface area contributed by atoms with E-state index in [1.165, 1.54) is 30.1 Å². The minimum Gasteiger partial charge on any atom is -0.350 e. The van der Waals surface area contributed by atoms with Crippen LogP contribution in [-0.4, -0.2) is 38.0 Å². The Labute approximate surface area is 177 Å². The quantitative estimate of drug-likeness (QED) is 0.460. The summed E-state index contributed by atoms with van der Waals surface area (Å²) in [5.74, 6) is -0.561. The van der Waals surface area contributed by atoms with E-state index in [-0.39, 0.29) is 11.7 Å². The van der Waals surface area contributed by atoms with E-state index < -0.39 is 0 Å². The SMILES string of the molecule is CSc1ncc(C(=O)NCCc2cnn(-c3ccccc3)c2)n1-c1ccc(F)cc1. The Kier molecular flexibility index (Phi) is 5.94. The van der Waals surface area contributed by atoms with Crippen molar-refractivity contribution in [3.63, 3.8) is 0 Å². The summed E-state index contributed by atoms with van der Waals surface area (Å²) in [7, 11) is 0. The summed E-state index contributed by atoms with van der Waals surface area (Å²) in [4.78, 5) is 17.1. The number of imidazole rings is 1. The molecule has 8 heteroatoms. The lowest BCUT2D eigenvalue weighted by atomic mass is 10.2. The monoisotopic (exact) mass is 421 g/mol. The van der Waals surface area contributed by atoms with Gasteiger partial charge in [-0.2, -0.15) is 5.10 Å². The van der Waals surface area contributed by atoms with Crippen molar-refractivity contribution in [2.45, 2.75) is 11.6 Å². The molecule has 2 aromatic heterocycles. The number of para-hydroxylation sites is 1. The van der Waals surface area contributed by atoms with Crippen molar-refractivity contribution in [2.24, 2.45) is 0 Å². The highest BCUT2D eigenvalue weighted by molar-refractivity contribution is 7.98. The van der Waals surface area contributed by atoms with Crippen LogP contribution in [-0.2, 0) is 6.42 Å². The topological polar surface area (TPSA) is 64.7 Å². The molecule has 0 saturated carbocycles. The second kappa shape index (κ2) is 8.96. The summed E-state index contributed by atoms with van der Waals surface area (Å²) in [6.45, 7) is 0.461. The first-order valence-electron chi connectivity index (χ1n) is 9.40. The summed E-state index contributed by atoms with van der Waals surface area (Å²) in [6, 6.07) is 15.8. The van der Waals surface area contributed by atoms with E-state index in [2.05, 4.69) is 15.4 Å². The van der Waals surface area contributed by atoms with Gasteiger partial charge in [0.25, 0.3) is 5.91 Å². The van der Waals surface area contributed by atoms with Gasteiger partial charge in [-0.1, -0.05) is 30.0 Å². The molecule has 0 bridgehead atoms. The molecule has 0 aliphatic rings. The zero-order chi connectivity index (χ0) is 20.9. The van der Waals surface area contributed by atoms with E-state index in [9.17, 15) is 9.18 Å². The van der Waals surface area contributed by atoms with Gasteiger partial charge in [-0.05, 0) is 54.6 Å². The van der Waals surface area contributed by atoms with Crippen LogP contribution in [0.5, 0.6) is 0 Å². The van der Waals surface area contributed by atoms with E-state index in [0.717, 1.165) is 11.3 Å². The molecule has 30 heavy (non-hydrogen) atoms. The third kappa shape index (κ3) is 4.28. The van der Waals surface area contributed by atoms with Crippen molar-refractivity contribution in [3.05, 3.63) is 90.3 Å². The minimum atomic E-state index is -0.327. The van der Waals surface area contributed by atoms with Crippen molar-refractivity contribution in [1.82, 2.24) is 24.6 Å². The van der Waals surface area contributed by atoms with Gasteiger partial charge in [0, 0.05) is 18.4 Å². The van der Waals surface area contributed by atoms with Gasteiger partial charge in [-0.15, -0.1) is 0 Å². The third-order valence-electron chi connectivity index (χ3n) is 4.59. The van der Waals surface area contributed by atoms with Gasteiger partial charge in [-0.25, -0.2) is 14.1 Å². The lowest BCUT2D eigenvalue weighted by Crippen LogP contribution is -2.27. The maximum Gasteiger partial charge on any atom is 0.269 e. The predicted octanol–water partition coefficient (Wildman–Crippen LogP) is 3.89. The summed E-state index contributed by atoms with van der Waals surface area (Å²) in [6.07, 6.45) is 7.83. The summed E-state index contributed by atoms with van der Waals surface area (Å²) in [5.41, 5.74) is 3.11. The molecular formula is C22H20FN5OS. The number of rotatable bonds is 7. The van der Waals surface area contributed by atoms with Crippen LogP contribution in [0.25, 0.3) is 11.4 Å². The number of benzene rings is 2. The van der Waals surface area contributed by atoms with Crippen LogP contribution in [0.3, 0.4) is 0 Å². The standard InChI is InChI=1S/C22H20FN5OS/c1-30-22-25-14-20(28(22)19-9-7-17(23)8-10-19)21(29)24-12-11-16-13-26-27(15-16)18-5-3-2-4-6-18/h2-10,13-15H,11-12H2,1H3,(H,24,29). The number of hydrogen-bond acceptors (Lipinski definition) is 4. The minimum absolute atomic E-state index is 0.234. The van der Waals surface area contributed by atoms with Crippen LogP contribution in [0.1, 0.15) is 16.1 Å². The second-order valence-electron chi connectivity index (χ2n) is 6.58. The predicted molar refractivity (Wildman–Crippen MR) is 115 cm³/mol. The van der Waals surface area contributed by atoms with Crippen molar-refractivity contribution in [2.75, 3.05) is 12.8 Å². The zero-order valence-electron chi connectivity index (χ0n) is 16.3. The fraction of sp³-hybridized carbons (Fsp3) is 0.136. The Hall–Kier alpha value is -3.39. The number of halogens is 1. The number of carbonyl (C=O) groups excluding carboxylic acids is 1. The number of carbonyl (C=O) groups is 1. The molecule has 1 amide bonds. The average molecular weight is 422 g/mol. The second-order valence-corrected chi connectivity index (χ2v) is 7.35. The molecular weight excluding hydrogens is 401 g/mol. The molecule has 0 atom stereocenters. The molecule has 0 unspecified atom stereocenters. The number of nitrogens with zero attached hydrogens (tertiary/aromatic N) is 4. The summed E-state index contributed by atoms with van der Waals surface area (Å²) >= 11 is 1.42. The number of hydrogen-bond donors (Lipinski definition) is 1. The molecule has 152 valence electrons. The van der Waals surface area contributed by atoms with Crippen LogP contribution in [0.2, 0.25) is 0 Å². The average Bonchev–Trinajstić information content (AvgIpc) is 3.42. The summed E-state index contributed by atoms with van der Waals surface area (Å²) in [5, 5.41) is 7.97. The third-order valence-corrected chi connectivity index (χ3v) is 5.24. The highest BCUT2D eigenvalue weighted by Gasteiger charge is 2.17. The van der Waals surface area contributed by atoms with E-state index in [0.29, 0.717) is 29.5 Å². The van der Waals surface area contributed by atoms with E-state index in [4.69, 9.17) is 0 Å². The first kappa shape index (κ1) is 19.9. The molecule has 0 aliphatic carbocycles. The molecule has 0 aliphatic heterocycles. The number of aromatic nitrogens is 4. The van der Waals surface area contributed by atoms with E-state index in [1.54, 1.807) is 22.9 Å². The Morgan fingerprint density at radius 1 is 1.07 bits per heavy atom. The lowest BCUT2D eigenvalue weighted by molar-refractivity contribution is 0.0946. The highest BCUT2D eigenvalue weighted by Crippen LogP contribution is 2.22. The fourth-order valence-corrected chi connectivity index (χ4v) is 3.65. The number of amides is 1. The molecule has 0 fully saturated rings. The van der Waals surface area contributed by atoms with Crippen LogP contribution < -0.4 is 5.32 Å². The van der Waals surface area contributed by atoms with Crippen molar-refractivity contribution < 1.29 is 9.18 Å². The Balaban J connectivity index is 1.43. The normalized spacial score (nSPS) is 10.9. The highest BCUT2D eigenvalue weighted by atomic mass is 32.2. The van der Waals surface area contributed by atoms with Gasteiger partial charge in [-0.3, -0.25) is 9.36 Å². The molecule has 6 nitrogen and oxygen atoms in total. The van der Waals surface area contributed by atoms with Crippen LogP contribution >= 0.6 is 11.8 Å². The molecule has 4 rings (SSSR count). The smallest absolute Gasteiger partial charge is 0.269 e. The van der Waals surface area contributed by atoms with Crippen molar-refractivity contribution in [3.8, 4) is 11.4 Å². The Morgan fingerprint density at radius 2 is 1.83 bits per heavy atom. The molecule has 2 heterocycles. The van der Waals surface area contributed by atoms with Crippen LogP contribution in [0, 0.1) is 5.82 Å². The van der Waals surface area contributed by atoms with E-state index >= 15 is 0 Å². The molecule has 1 N–H and O–H groups in total. The van der Waals surface area contributed by atoms with Crippen molar-refractivity contribution in [1.29, 1.82) is 0 Å². The molecule has 0 saturated heterocycles. The zero-order valence-corrected chi connectivity index (χ0v) is 17.1. The number of nitrogens with one attached hydrogen (secondary N) is 1. The molecule has 0 radical (unpaired) electrons. The molecule has 0 spiro atoms. The number of thioether (sulfide) groups is 1. The van der Waals surface area contributed by atoms with Gasteiger partial charge < -0.3 is 5.32 Å². The molecule has 4 aromatic rings. The van der Waals surface area contributed by atoms with Crippen LogP contribution in [0.4, 0.5) is 4.39 Å². The molecule has 2 aromatic carbocycles. The first-order chi connectivity index (χ1) is 14.7. The van der Waals surface area contributed by atoms with Crippen molar-refractivity contribution >= 4 is 17.7 Å². The van der Waals surface area contributed by atoms with Gasteiger partial charge >= 0.3 is 0 Å². The largest absolute Gasteiger partial charge is 0.350 e. The Morgan fingerprint density at radius 3 is 2.57 bits per heavy atom. The fourth-order valence-electron chi connectivity index (χ4n) is 3.10. The van der Waals surface area contributed by atoms with Gasteiger partial charge in [0.05, 0.1) is 18.1 Å². The van der Waals surface area contributed by atoms with Gasteiger partial charge in [0.1, 0.15) is 11.5 Å². The maximum absolute atomic E-state index is 13.3. The van der Waals surface area contributed by atoms with Gasteiger partial charge in [0.2, 0.25) is 0 Å². The first-order valence-corrected chi connectivity index (χ1v) is 10.6. The Bertz CT molecular complexity index is 1140. The van der Waals surface area contributed by atoms with E-state index in [1.807, 2.05) is 47.5 Å². The maximum atomic E-state index is 13.3. The van der Waals surface area contributed by atoms with Gasteiger partial charge in [0.15, 0.2) is 5.16 Å². The summed E-state index contributed by atoms with van der Waals surface area (Å²) < 4.78 is 16.8. The van der Waals surface area contributed by atoms with Crippen LogP contribution in [0.15, 0.2) is 78.3 Å². The lowest BCUT2D eigenvalue weighted by Gasteiger charge is -2.11.